The molecule has 1 fully saturated rings. The molecule has 2 heterocycles. The van der Waals surface area contributed by atoms with Gasteiger partial charge in [0.2, 0.25) is 0 Å². The standard InChI is InChI=1S/C18H20ClF2N3OS/c1-2-26-13-5-3-4-8-23(11-13)16-10-22-24(18(25)17(16)19)15-7-6-12(20)9-14(15)21/h6-7,9-10,13H,2-5,8,11H2,1H3. The normalized spacial score (nSPS) is 18.0. The van der Waals surface area contributed by atoms with Gasteiger partial charge < -0.3 is 4.90 Å². The first kappa shape index (κ1) is 19.2. The lowest BCUT2D eigenvalue weighted by molar-refractivity contribution is 0.570. The summed E-state index contributed by atoms with van der Waals surface area (Å²) in [6.45, 7) is 3.73. The molecule has 4 nitrogen and oxygen atoms in total. The second-order valence-electron chi connectivity index (χ2n) is 6.18. The Morgan fingerprint density at radius 2 is 2.12 bits per heavy atom. The van der Waals surface area contributed by atoms with E-state index >= 15 is 0 Å². The van der Waals surface area contributed by atoms with E-state index in [1.165, 1.54) is 12.3 Å². The molecule has 0 N–H and O–H groups in total. The highest BCUT2D eigenvalue weighted by Gasteiger charge is 2.23. The maximum atomic E-state index is 14.0. The average Bonchev–Trinajstić information content (AvgIpc) is 2.84. The van der Waals surface area contributed by atoms with Crippen LogP contribution in [0.25, 0.3) is 5.69 Å². The van der Waals surface area contributed by atoms with Crippen molar-refractivity contribution in [1.29, 1.82) is 0 Å². The first-order valence-electron chi connectivity index (χ1n) is 8.61. The smallest absolute Gasteiger partial charge is 0.292 e. The van der Waals surface area contributed by atoms with E-state index in [2.05, 4.69) is 16.9 Å². The fraction of sp³-hybridized carbons (Fsp3) is 0.444. The molecule has 1 atom stereocenters. The zero-order valence-electron chi connectivity index (χ0n) is 14.4. The quantitative estimate of drug-likeness (QED) is 0.769. The molecule has 1 aliphatic heterocycles. The molecule has 1 aromatic carbocycles. The van der Waals surface area contributed by atoms with Crippen LogP contribution >= 0.6 is 23.4 Å². The average molecular weight is 400 g/mol. The Morgan fingerprint density at radius 1 is 1.31 bits per heavy atom. The van der Waals surface area contributed by atoms with Gasteiger partial charge in [-0.05, 0) is 30.7 Å². The maximum Gasteiger partial charge on any atom is 0.292 e. The third-order valence-electron chi connectivity index (χ3n) is 4.41. The van der Waals surface area contributed by atoms with Gasteiger partial charge in [-0.15, -0.1) is 0 Å². The lowest BCUT2D eigenvalue weighted by Gasteiger charge is -2.26. The third-order valence-corrected chi connectivity index (χ3v) is 5.95. The van der Waals surface area contributed by atoms with Gasteiger partial charge >= 0.3 is 0 Å². The molecule has 0 radical (unpaired) electrons. The van der Waals surface area contributed by atoms with Crippen molar-refractivity contribution < 1.29 is 8.78 Å². The van der Waals surface area contributed by atoms with Gasteiger partial charge in [0.15, 0.2) is 5.82 Å². The molecule has 0 saturated carbocycles. The number of hydrogen-bond donors (Lipinski definition) is 0. The van der Waals surface area contributed by atoms with Crippen LogP contribution in [0.2, 0.25) is 5.02 Å². The summed E-state index contributed by atoms with van der Waals surface area (Å²) in [6, 6.07) is 2.97. The molecule has 0 amide bonds. The van der Waals surface area contributed by atoms with Crippen LogP contribution in [-0.2, 0) is 0 Å². The number of benzene rings is 1. The van der Waals surface area contributed by atoms with Gasteiger partial charge in [0.25, 0.3) is 5.56 Å². The van der Waals surface area contributed by atoms with Crippen molar-refractivity contribution in [2.75, 3.05) is 23.7 Å². The first-order chi connectivity index (χ1) is 12.5. The minimum absolute atomic E-state index is 0.00544. The Morgan fingerprint density at radius 3 is 2.85 bits per heavy atom. The van der Waals surface area contributed by atoms with E-state index in [1.54, 1.807) is 0 Å². The van der Waals surface area contributed by atoms with Gasteiger partial charge in [0, 0.05) is 24.4 Å². The number of aromatic nitrogens is 2. The lowest BCUT2D eigenvalue weighted by atomic mass is 10.2. The minimum Gasteiger partial charge on any atom is -0.368 e. The number of nitrogens with zero attached hydrogens (tertiary/aromatic N) is 3. The van der Waals surface area contributed by atoms with E-state index in [1.807, 2.05) is 11.8 Å². The Bertz CT molecular complexity index is 846. The summed E-state index contributed by atoms with van der Waals surface area (Å²) in [4.78, 5) is 14.7. The summed E-state index contributed by atoms with van der Waals surface area (Å²) in [5.41, 5.74) is -0.169. The number of halogens is 3. The number of rotatable bonds is 4. The topological polar surface area (TPSA) is 38.1 Å². The molecule has 0 aliphatic carbocycles. The van der Waals surface area contributed by atoms with E-state index in [9.17, 15) is 13.6 Å². The molecule has 0 bridgehead atoms. The molecule has 1 unspecified atom stereocenters. The Labute approximate surface area is 160 Å². The highest BCUT2D eigenvalue weighted by molar-refractivity contribution is 7.99. The molecule has 8 heteroatoms. The predicted molar refractivity (Wildman–Crippen MR) is 103 cm³/mol. The third kappa shape index (κ3) is 4.04. The second kappa shape index (κ2) is 8.39. The highest BCUT2D eigenvalue weighted by atomic mass is 35.5. The van der Waals surface area contributed by atoms with Gasteiger partial charge in [-0.2, -0.15) is 21.5 Å². The van der Waals surface area contributed by atoms with Crippen LogP contribution in [0.3, 0.4) is 0 Å². The summed E-state index contributed by atoms with van der Waals surface area (Å²) in [7, 11) is 0. The molecule has 140 valence electrons. The van der Waals surface area contributed by atoms with Crippen LogP contribution in [0.15, 0.2) is 29.2 Å². The van der Waals surface area contributed by atoms with Crippen LogP contribution in [0, 0.1) is 11.6 Å². The van der Waals surface area contributed by atoms with Crippen molar-refractivity contribution in [1.82, 2.24) is 9.78 Å². The zero-order chi connectivity index (χ0) is 18.7. The summed E-state index contributed by atoms with van der Waals surface area (Å²) in [6.07, 6.45) is 4.79. The largest absolute Gasteiger partial charge is 0.368 e. The van der Waals surface area contributed by atoms with E-state index in [0.29, 0.717) is 17.0 Å². The Hall–Kier alpha value is -1.60. The van der Waals surface area contributed by atoms with Gasteiger partial charge in [-0.25, -0.2) is 8.78 Å². The monoisotopic (exact) mass is 399 g/mol. The second-order valence-corrected chi connectivity index (χ2v) is 8.13. The molecule has 1 aromatic heterocycles. The van der Waals surface area contributed by atoms with E-state index in [0.717, 1.165) is 48.9 Å². The molecule has 2 aromatic rings. The van der Waals surface area contributed by atoms with E-state index in [-0.39, 0.29) is 10.7 Å². The molecular weight excluding hydrogens is 380 g/mol. The van der Waals surface area contributed by atoms with Crippen molar-refractivity contribution in [2.24, 2.45) is 0 Å². The molecule has 3 rings (SSSR count). The fourth-order valence-corrected chi connectivity index (χ4v) is 4.50. The fourth-order valence-electron chi connectivity index (χ4n) is 3.16. The molecule has 1 aliphatic rings. The SMILES string of the molecule is CCSC1CCCCN(c2cnn(-c3ccc(F)cc3F)c(=O)c2Cl)C1. The number of thioether (sulfide) groups is 1. The van der Waals surface area contributed by atoms with Gasteiger partial charge in [0.1, 0.15) is 16.5 Å². The number of hydrogen-bond acceptors (Lipinski definition) is 4. The Kier molecular flexibility index (Phi) is 6.19. The summed E-state index contributed by atoms with van der Waals surface area (Å²) in [5.74, 6) is -0.542. The van der Waals surface area contributed by atoms with Crippen LogP contribution < -0.4 is 10.5 Å². The van der Waals surface area contributed by atoms with Gasteiger partial charge in [-0.1, -0.05) is 24.9 Å². The maximum absolute atomic E-state index is 14.0. The summed E-state index contributed by atoms with van der Waals surface area (Å²) >= 11 is 8.23. The van der Waals surface area contributed by atoms with Crippen LogP contribution in [-0.4, -0.2) is 33.9 Å². The molecule has 0 spiro atoms. The molecule has 1 saturated heterocycles. The van der Waals surface area contributed by atoms with Crippen molar-refractivity contribution in [3.05, 3.63) is 51.4 Å². The minimum atomic E-state index is -0.863. The van der Waals surface area contributed by atoms with E-state index in [4.69, 9.17) is 11.6 Å². The van der Waals surface area contributed by atoms with Crippen LogP contribution in [0.5, 0.6) is 0 Å². The van der Waals surface area contributed by atoms with Gasteiger partial charge in [-0.3, -0.25) is 4.79 Å². The van der Waals surface area contributed by atoms with Crippen LogP contribution in [0.1, 0.15) is 26.2 Å². The van der Waals surface area contributed by atoms with Crippen molar-refractivity contribution in [2.45, 2.75) is 31.4 Å². The van der Waals surface area contributed by atoms with Crippen LogP contribution in [0.4, 0.5) is 14.5 Å². The van der Waals surface area contributed by atoms with Crippen molar-refractivity contribution in [3.8, 4) is 5.69 Å². The van der Waals surface area contributed by atoms with Gasteiger partial charge in [0.05, 0.1) is 11.9 Å². The van der Waals surface area contributed by atoms with E-state index < -0.39 is 17.2 Å². The summed E-state index contributed by atoms with van der Waals surface area (Å²) < 4.78 is 28.0. The molecular formula is C18H20ClF2N3OS. The van der Waals surface area contributed by atoms with Crippen molar-refractivity contribution >= 4 is 29.1 Å². The summed E-state index contributed by atoms with van der Waals surface area (Å²) in [5, 5.41) is 4.57. The zero-order valence-corrected chi connectivity index (χ0v) is 16.0. The Balaban J connectivity index is 1.95. The number of anilines is 1. The first-order valence-corrected chi connectivity index (χ1v) is 10.0. The molecule has 26 heavy (non-hydrogen) atoms. The van der Waals surface area contributed by atoms with Crippen molar-refractivity contribution in [3.63, 3.8) is 0 Å². The highest BCUT2D eigenvalue weighted by Crippen LogP contribution is 2.28. The lowest BCUT2D eigenvalue weighted by Crippen LogP contribution is -2.33. The predicted octanol–water partition coefficient (Wildman–Crippen LogP) is 4.28.